The minimum Gasteiger partial charge on any atom is -0.492 e. The molecule has 4 heteroatoms. The van der Waals surface area contributed by atoms with Crippen LogP contribution in [-0.2, 0) is 6.42 Å². The number of hydrogen-bond donors (Lipinski definition) is 0. The van der Waals surface area contributed by atoms with Gasteiger partial charge in [0.25, 0.3) is 0 Å². The molecular weight excluding hydrogens is 404 g/mol. The summed E-state index contributed by atoms with van der Waals surface area (Å²) in [6.07, 6.45) is 5.39. The normalized spacial score (nSPS) is 13.6. The van der Waals surface area contributed by atoms with Gasteiger partial charge < -0.3 is 4.74 Å². The van der Waals surface area contributed by atoms with Gasteiger partial charge in [0.1, 0.15) is 18.1 Å². The number of benzene rings is 2. The SMILES string of the molecule is CCc1cc(C#Cc2ccc(-c3ccc(Cl)cc3)cn2)ccc1OCCN1CCCC1. The molecule has 0 N–H and O–H groups in total. The summed E-state index contributed by atoms with van der Waals surface area (Å²) in [7, 11) is 0. The third kappa shape index (κ3) is 5.88. The maximum atomic E-state index is 6.06. The van der Waals surface area contributed by atoms with Crippen LogP contribution in [0.1, 0.15) is 36.6 Å². The maximum Gasteiger partial charge on any atom is 0.122 e. The lowest BCUT2D eigenvalue weighted by Gasteiger charge is -2.16. The van der Waals surface area contributed by atoms with Crippen LogP contribution in [0.4, 0.5) is 0 Å². The van der Waals surface area contributed by atoms with E-state index in [4.69, 9.17) is 16.3 Å². The van der Waals surface area contributed by atoms with Gasteiger partial charge in [-0.25, -0.2) is 4.98 Å². The van der Waals surface area contributed by atoms with Gasteiger partial charge in [0.2, 0.25) is 0 Å². The Morgan fingerprint density at radius 1 is 0.968 bits per heavy atom. The van der Waals surface area contributed by atoms with Gasteiger partial charge >= 0.3 is 0 Å². The number of halogens is 1. The van der Waals surface area contributed by atoms with Crippen molar-refractivity contribution in [3.8, 4) is 28.7 Å². The van der Waals surface area contributed by atoms with Gasteiger partial charge in [-0.15, -0.1) is 0 Å². The molecular formula is C27H27ClN2O. The molecule has 1 aliphatic heterocycles. The predicted molar refractivity (Wildman–Crippen MR) is 128 cm³/mol. The van der Waals surface area contributed by atoms with Crippen molar-refractivity contribution >= 4 is 11.6 Å². The maximum absolute atomic E-state index is 6.06. The van der Waals surface area contributed by atoms with Gasteiger partial charge in [0.05, 0.1) is 0 Å². The summed E-state index contributed by atoms with van der Waals surface area (Å²) in [6, 6.07) is 17.9. The number of rotatable bonds is 6. The number of pyridine rings is 1. The van der Waals surface area contributed by atoms with Crippen LogP contribution < -0.4 is 4.74 Å². The Hall–Kier alpha value is -2.80. The molecule has 0 radical (unpaired) electrons. The zero-order chi connectivity index (χ0) is 21.5. The second-order valence-corrected chi connectivity index (χ2v) is 8.20. The summed E-state index contributed by atoms with van der Waals surface area (Å²) < 4.78 is 6.06. The topological polar surface area (TPSA) is 25.4 Å². The summed E-state index contributed by atoms with van der Waals surface area (Å²) in [6.45, 7) is 6.29. The summed E-state index contributed by atoms with van der Waals surface area (Å²) in [5, 5.41) is 0.730. The Morgan fingerprint density at radius 3 is 2.45 bits per heavy atom. The van der Waals surface area contributed by atoms with Crippen molar-refractivity contribution in [3.05, 3.63) is 82.6 Å². The van der Waals surface area contributed by atoms with E-state index in [0.29, 0.717) is 0 Å². The first kappa shape index (κ1) is 21.4. The summed E-state index contributed by atoms with van der Waals surface area (Å²) >= 11 is 5.96. The van der Waals surface area contributed by atoms with Crippen LogP contribution in [0, 0.1) is 11.8 Å². The highest BCUT2D eigenvalue weighted by molar-refractivity contribution is 6.30. The van der Waals surface area contributed by atoms with Gasteiger partial charge in [-0.05, 0) is 85.8 Å². The monoisotopic (exact) mass is 430 g/mol. The molecule has 0 unspecified atom stereocenters. The fraction of sp³-hybridized carbons (Fsp3) is 0.296. The highest BCUT2D eigenvalue weighted by atomic mass is 35.5. The molecule has 0 aliphatic carbocycles. The van der Waals surface area contributed by atoms with Crippen LogP contribution in [0.5, 0.6) is 5.75 Å². The van der Waals surface area contributed by atoms with Gasteiger partial charge in [-0.3, -0.25) is 4.90 Å². The molecule has 31 heavy (non-hydrogen) atoms. The quantitative estimate of drug-likeness (QED) is 0.459. The van der Waals surface area contributed by atoms with E-state index < -0.39 is 0 Å². The van der Waals surface area contributed by atoms with Crippen LogP contribution in [0.25, 0.3) is 11.1 Å². The Balaban J connectivity index is 1.40. The van der Waals surface area contributed by atoms with Crippen molar-refractivity contribution in [2.45, 2.75) is 26.2 Å². The number of ether oxygens (including phenoxy) is 1. The van der Waals surface area contributed by atoms with E-state index in [1.807, 2.05) is 54.7 Å². The summed E-state index contributed by atoms with van der Waals surface area (Å²) in [5.74, 6) is 7.38. The second-order valence-electron chi connectivity index (χ2n) is 7.76. The largest absolute Gasteiger partial charge is 0.492 e. The highest BCUT2D eigenvalue weighted by Crippen LogP contribution is 2.22. The molecule has 0 bridgehead atoms. The van der Waals surface area contributed by atoms with Crippen LogP contribution in [0.15, 0.2) is 60.8 Å². The molecule has 3 nitrogen and oxygen atoms in total. The second kappa shape index (κ2) is 10.5. The van der Waals surface area contributed by atoms with Crippen molar-refractivity contribution in [1.29, 1.82) is 0 Å². The van der Waals surface area contributed by atoms with E-state index in [9.17, 15) is 0 Å². The molecule has 1 aromatic heterocycles. The average molecular weight is 431 g/mol. The number of aromatic nitrogens is 1. The van der Waals surface area contributed by atoms with Crippen LogP contribution >= 0.6 is 11.6 Å². The third-order valence-electron chi connectivity index (χ3n) is 5.58. The number of nitrogens with zero attached hydrogens (tertiary/aromatic N) is 2. The minimum absolute atomic E-state index is 0.730. The van der Waals surface area contributed by atoms with E-state index in [1.165, 1.54) is 31.5 Å². The van der Waals surface area contributed by atoms with Crippen molar-refractivity contribution in [1.82, 2.24) is 9.88 Å². The van der Waals surface area contributed by atoms with Crippen LogP contribution in [0.2, 0.25) is 5.02 Å². The van der Waals surface area contributed by atoms with Crippen LogP contribution in [-0.4, -0.2) is 36.1 Å². The summed E-state index contributed by atoms with van der Waals surface area (Å²) in [4.78, 5) is 6.96. The van der Waals surface area contributed by atoms with E-state index in [-0.39, 0.29) is 0 Å². The zero-order valence-corrected chi connectivity index (χ0v) is 18.7. The van der Waals surface area contributed by atoms with E-state index in [2.05, 4.69) is 34.7 Å². The fourth-order valence-electron chi connectivity index (χ4n) is 3.78. The molecule has 1 aliphatic rings. The van der Waals surface area contributed by atoms with Crippen LogP contribution in [0.3, 0.4) is 0 Å². The molecule has 3 aromatic rings. The lowest BCUT2D eigenvalue weighted by molar-refractivity contribution is 0.236. The number of aryl methyl sites for hydroxylation is 1. The molecule has 1 saturated heterocycles. The van der Waals surface area contributed by atoms with Crippen molar-refractivity contribution < 1.29 is 4.74 Å². The first-order valence-corrected chi connectivity index (χ1v) is 11.3. The van der Waals surface area contributed by atoms with E-state index in [0.717, 1.165) is 52.7 Å². The smallest absolute Gasteiger partial charge is 0.122 e. The number of hydrogen-bond acceptors (Lipinski definition) is 3. The molecule has 2 aromatic carbocycles. The minimum atomic E-state index is 0.730. The first-order valence-electron chi connectivity index (χ1n) is 10.9. The van der Waals surface area contributed by atoms with Gasteiger partial charge in [-0.1, -0.05) is 42.6 Å². The highest BCUT2D eigenvalue weighted by Gasteiger charge is 2.11. The van der Waals surface area contributed by atoms with Gasteiger partial charge in [0.15, 0.2) is 0 Å². The summed E-state index contributed by atoms with van der Waals surface area (Å²) in [5.41, 5.74) is 5.06. The molecule has 0 saturated carbocycles. The van der Waals surface area contributed by atoms with Gasteiger partial charge in [-0.2, -0.15) is 0 Å². The Labute approximate surface area is 190 Å². The zero-order valence-electron chi connectivity index (χ0n) is 17.9. The standard InChI is InChI=1S/C27H27ClN2O/c1-2-22-19-21(6-14-27(22)31-18-17-30-15-3-4-16-30)5-12-26-13-9-24(20-29-26)23-7-10-25(28)11-8-23/h6-11,13-14,19-20H,2-4,15-18H2,1H3. The molecule has 2 heterocycles. The molecule has 0 atom stereocenters. The molecule has 4 rings (SSSR count). The Kier molecular flexibility index (Phi) is 7.25. The Bertz CT molecular complexity index is 1060. The molecule has 0 spiro atoms. The lowest BCUT2D eigenvalue weighted by atomic mass is 10.1. The van der Waals surface area contributed by atoms with Crippen molar-refractivity contribution in [2.75, 3.05) is 26.2 Å². The molecule has 158 valence electrons. The van der Waals surface area contributed by atoms with Crippen molar-refractivity contribution in [2.24, 2.45) is 0 Å². The predicted octanol–water partition coefficient (Wildman–Crippen LogP) is 5.84. The first-order chi connectivity index (χ1) is 15.2. The number of likely N-dealkylation sites (tertiary alicyclic amines) is 1. The molecule has 0 amide bonds. The Morgan fingerprint density at radius 2 is 1.74 bits per heavy atom. The fourth-order valence-corrected chi connectivity index (χ4v) is 3.91. The van der Waals surface area contributed by atoms with E-state index in [1.54, 1.807) is 0 Å². The van der Waals surface area contributed by atoms with E-state index >= 15 is 0 Å². The third-order valence-corrected chi connectivity index (χ3v) is 5.83. The van der Waals surface area contributed by atoms with Crippen molar-refractivity contribution in [3.63, 3.8) is 0 Å². The lowest BCUT2D eigenvalue weighted by Crippen LogP contribution is -2.25. The molecule has 1 fully saturated rings. The average Bonchev–Trinajstić information content (AvgIpc) is 3.33. The van der Waals surface area contributed by atoms with Gasteiger partial charge in [0, 0.05) is 28.9 Å².